The van der Waals surface area contributed by atoms with Gasteiger partial charge in [0.2, 0.25) is 0 Å². The largest absolute Gasteiger partial charge is 0.365 e. The number of nitrogens with zero attached hydrogens (tertiary/aromatic N) is 7. The Morgan fingerprint density at radius 1 is 0.950 bits per heavy atom. The topological polar surface area (TPSA) is 78.2 Å². The molecule has 4 aromatic heterocycles. The Morgan fingerprint density at radius 2 is 1.82 bits per heavy atom. The van der Waals surface area contributed by atoms with E-state index in [9.17, 15) is 4.39 Å². The van der Waals surface area contributed by atoms with Crippen LogP contribution in [0.15, 0.2) is 73.3 Å². The van der Waals surface area contributed by atoms with Crippen LogP contribution in [0.5, 0.6) is 0 Å². The maximum atomic E-state index is 15.9. The Hall–Kier alpha value is -4.70. The molecule has 0 aliphatic carbocycles. The second-order valence-corrected chi connectivity index (χ2v) is 10.6. The third-order valence-electron chi connectivity index (χ3n) is 8.34. The summed E-state index contributed by atoms with van der Waals surface area (Å²) in [6.45, 7) is 1.58. The lowest BCUT2D eigenvalue weighted by Crippen LogP contribution is -2.44. The van der Waals surface area contributed by atoms with Crippen molar-refractivity contribution >= 4 is 22.2 Å². The summed E-state index contributed by atoms with van der Waals surface area (Å²) in [6, 6.07) is 14.4. The molecule has 0 radical (unpaired) electrons. The Kier molecular flexibility index (Phi) is 5.02. The number of pyridine rings is 1. The van der Waals surface area contributed by atoms with Gasteiger partial charge in [-0.1, -0.05) is 12.1 Å². The Morgan fingerprint density at radius 3 is 2.62 bits per heavy atom. The minimum absolute atomic E-state index is 0.200. The molecule has 40 heavy (non-hydrogen) atoms. The zero-order valence-corrected chi connectivity index (χ0v) is 21.6. The van der Waals surface area contributed by atoms with Crippen molar-refractivity contribution in [2.24, 2.45) is 0 Å². The number of aromatic amines is 1. The number of likely N-dealkylation sites (N-methyl/N-ethyl adjacent to an activating group) is 1. The van der Waals surface area contributed by atoms with E-state index < -0.39 is 11.6 Å². The summed E-state index contributed by atoms with van der Waals surface area (Å²) in [6.07, 6.45) is 7.86. The van der Waals surface area contributed by atoms with E-state index in [0.717, 1.165) is 53.2 Å². The highest BCUT2D eigenvalue weighted by Crippen LogP contribution is 2.43. The highest BCUT2D eigenvalue weighted by Gasteiger charge is 2.42. The third kappa shape index (κ3) is 3.39. The number of hydrogen-bond acceptors (Lipinski definition) is 6. The number of nitrogens with one attached hydrogen (secondary N) is 1. The summed E-state index contributed by atoms with van der Waals surface area (Å²) in [5, 5.41) is 13.2. The Labute approximate surface area is 227 Å². The molecule has 2 aliphatic rings. The number of piperazine rings is 1. The lowest BCUT2D eigenvalue weighted by atomic mass is 9.99. The monoisotopic (exact) mass is 534 g/mol. The zero-order chi connectivity index (χ0) is 27.0. The van der Waals surface area contributed by atoms with Crippen LogP contribution in [0.25, 0.3) is 50.2 Å². The molecule has 2 aliphatic heterocycles. The highest BCUT2D eigenvalue weighted by atomic mass is 19.1. The second kappa shape index (κ2) is 8.65. The maximum absolute atomic E-state index is 15.9. The first kappa shape index (κ1) is 23.2. The van der Waals surface area contributed by atoms with Crippen LogP contribution in [-0.4, -0.2) is 66.9 Å². The van der Waals surface area contributed by atoms with Crippen LogP contribution >= 0.6 is 0 Å². The van der Waals surface area contributed by atoms with Gasteiger partial charge in [0.05, 0.1) is 34.2 Å². The van der Waals surface area contributed by atoms with E-state index in [4.69, 9.17) is 10.1 Å². The molecular weight excluding hydrogens is 510 g/mol. The average Bonchev–Trinajstić information content (AvgIpc) is 3.75. The summed E-state index contributed by atoms with van der Waals surface area (Å²) >= 11 is 0. The number of benzene rings is 2. The molecule has 6 aromatic rings. The minimum atomic E-state index is -0.627. The second-order valence-electron chi connectivity index (χ2n) is 10.6. The standard InChI is InChI=1S/C30H24F2N8/c1-38-15-20-13-19(38)16-39(20)26-12-18(31)11-23(32)28(26)25-7-10-34-30-27(21-3-2-4-24-22(21)14-35-36-24)29(37-40(25)30)17-5-8-33-9-6-17/h2-12,14,19-20H,13,15-16H2,1H3,(H,35,36). The molecule has 0 amide bonds. The predicted octanol–water partition coefficient (Wildman–Crippen LogP) is 5.17. The predicted molar refractivity (Wildman–Crippen MR) is 149 cm³/mol. The molecule has 6 heterocycles. The van der Waals surface area contributed by atoms with Crippen molar-refractivity contribution in [1.29, 1.82) is 0 Å². The van der Waals surface area contributed by atoms with E-state index in [1.54, 1.807) is 35.4 Å². The van der Waals surface area contributed by atoms with Gasteiger partial charge in [-0.2, -0.15) is 10.2 Å². The number of fused-ring (bicyclic) bond motifs is 4. The van der Waals surface area contributed by atoms with Crippen molar-refractivity contribution < 1.29 is 8.78 Å². The average molecular weight is 535 g/mol. The van der Waals surface area contributed by atoms with Crippen LogP contribution in [0.2, 0.25) is 0 Å². The molecule has 198 valence electrons. The van der Waals surface area contributed by atoms with Gasteiger partial charge in [-0.25, -0.2) is 18.3 Å². The first-order valence-corrected chi connectivity index (χ1v) is 13.2. The van der Waals surface area contributed by atoms with Gasteiger partial charge in [0.15, 0.2) is 5.65 Å². The van der Waals surface area contributed by atoms with Gasteiger partial charge in [0.1, 0.15) is 17.3 Å². The van der Waals surface area contributed by atoms with E-state index in [0.29, 0.717) is 34.3 Å². The number of aromatic nitrogens is 6. The van der Waals surface area contributed by atoms with E-state index in [2.05, 4.69) is 32.0 Å². The fraction of sp³-hybridized carbons (Fsp3) is 0.200. The molecule has 2 bridgehead atoms. The summed E-state index contributed by atoms with van der Waals surface area (Å²) in [5.41, 5.74) is 6.05. The van der Waals surface area contributed by atoms with Crippen LogP contribution < -0.4 is 4.90 Å². The summed E-state index contributed by atoms with van der Waals surface area (Å²) in [7, 11) is 2.11. The van der Waals surface area contributed by atoms with Gasteiger partial charge in [-0.05, 0) is 49.4 Å². The fourth-order valence-electron chi connectivity index (χ4n) is 6.48. The van der Waals surface area contributed by atoms with Crippen LogP contribution in [0.4, 0.5) is 14.5 Å². The van der Waals surface area contributed by atoms with Crippen LogP contribution in [-0.2, 0) is 0 Å². The number of hydrogen-bond donors (Lipinski definition) is 1. The van der Waals surface area contributed by atoms with Gasteiger partial charge < -0.3 is 4.90 Å². The Bertz CT molecular complexity index is 1910. The smallest absolute Gasteiger partial charge is 0.164 e. The number of H-pyrrole nitrogens is 1. The van der Waals surface area contributed by atoms with Gasteiger partial charge in [-0.15, -0.1) is 0 Å². The Balaban J connectivity index is 1.41. The first-order chi connectivity index (χ1) is 19.6. The molecule has 10 heteroatoms. The molecule has 2 fully saturated rings. The van der Waals surface area contributed by atoms with Crippen molar-refractivity contribution in [3.63, 3.8) is 0 Å². The number of halogens is 2. The third-order valence-corrected chi connectivity index (χ3v) is 8.34. The van der Waals surface area contributed by atoms with Crippen molar-refractivity contribution in [2.75, 3.05) is 25.0 Å². The molecule has 2 atom stereocenters. The minimum Gasteiger partial charge on any atom is -0.365 e. The molecular formula is C30H24F2N8. The molecule has 0 saturated carbocycles. The normalized spacial score (nSPS) is 18.9. The number of anilines is 1. The number of rotatable bonds is 4. The quantitative estimate of drug-likeness (QED) is 0.336. The zero-order valence-electron chi connectivity index (χ0n) is 21.6. The van der Waals surface area contributed by atoms with E-state index in [1.807, 2.05) is 30.3 Å². The summed E-state index contributed by atoms with van der Waals surface area (Å²) < 4.78 is 32.3. The van der Waals surface area contributed by atoms with Crippen molar-refractivity contribution in [2.45, 2.75) is 18.5 Å². The maximum Gasteiger partial charge on any atom is 0.164 e. The molecule has 2 saturated heterocycles. The van der Waals surface area contributed by atoms with Gasteiger partial charge >= 0.3 is 0 Å². The van der Waals surface area contributed by atoms with Crippen molar-refractivity contribution in [3.8, 4) is 33.6 Å². The lowest BCUT2D eigenvalue weighted by molar-refractivity contribution is 0.292. The lowest BCUT2D eigenvalue weighted by Gasteiger charge is -2.35. The van der Waals surface area contributed by atoms with Crippen LogP contribution in [0.3, 0.4) is 0 Å². The van der Waals surface area contributed by atoms with Crippen LogP contribution in [0.1, 0.15) is 6.42 Å². The van der Waals surface area contributed by atoms with E-state index in [1.165, 1.54) is 6.07 Å². The summed E-state index contributed by atoms with van der Waals surface area (Å²) in [4.78, 5) is 13.4. The van der Waals surface area contributed by atoms with Crippen molar-refractivity contribution in [3.05, 3.63) is 85.0 Å². The fourth-order valence-corrected chi connectivity index (χ4v) is 6.48. The van der Waals surface area contributed by atoms with Crippen molar-refractivity contribution in [1.82, 2.24) is 34.7 Å². The molecule has 1 N–H and O–H groups in total. The van der Waals surface area contributed by atoms with Gasteiger partial charge in [0, 0.05) is 60.8 Å². The molecule has 0 spiro atoms. The van der Waals surface area contributed by atoms with Gasteiger partial charge in [-0.3, -0.25) is 15.0 Å². The molecule has 2 aromatic carbocycles. The number of likely N-dealkylation sites (tertiary alicyclic amines) is 1. The van der Waals surface area contributed by atoms with Gasteiger partial charge in [0.25, 0.3) is 0 Å². The molecule has 2 unspecified atom stereocenters. The van der Waals surface area contributed by atoms with E-state index in [-0.39, 0.29) is 6.04 Å². The first-order valence-electron chi connectivity index (χ1n) is 13.2. The van der Waals surface area contributed by atoms with E-state index >= 15 is 4.39 Å². The molecule has 8 rings (SSSR count). The van der Waals surface area contributed by atoms with Crippen LogP contribution in [0, 0.1) is 11.6 Å². The summed E-state index contributed by atoms with van der Waals surface area (Å²) in [5.74, 6) is -1.22. The molecule has 8 nitrogen and oxygen atoms in total. The highest BCUT2D eigenvalue weighted by molar-refractivity contribution is 6.03. The SMILES string of the molecule is CN1CC2CC1CN2c1cc(F)cc(F)c1-c1ccnc2c(-c3cccc4[nH]ncc34)c(-c3ccncc3)nn12.